The molecular weight excluding hydrogens is 328 g/mol. The SMILES string of the molecule is CCC/C=C/C(O)CCCCCCCCCc1cccc(O)c1C(=O)O. The van der Waals surface area contributed by atoms with Crippen LogP contribution in [-0.4, -0.2) is 27.4 Å². The molecule has 0 aliphatic rings. The molecule has 0 amide bonds. The second-order valence-corrected chi connectivity index (χ2v) is 6.91. The number of carboxylic acids is 1. The van der Waals surface area contributed by atoms with Gasteiger partial charge in [0.1, 0.15) is 11.3 Å². The van der Waals surface area contributed by atoms with Gasteiger partial charge in [0.2, 0.25) is 0 Å². The first-order valence-corrected chi connectivity index (χ1v) is 9.95. The van der Waals surface area contributed by atoms with E-state index in [0.29, 0.717) is 12.0 Å². The molecule has 0 aliphatic heterocycles. The summed E-state index contributed by atoms with van der Waals surface area (Å²) in [6.45, 7) is 2.13. The van der Waals surface area contributed by atoms with Gasteiger partial charge in [0, 0.05) is 0 Å². The van der Waals surface area contributed by atoms with Crippen LogP contribution in [0.25, 0.3) is 0 Å². The fourth-order valence-electron chi connectivity index (χ4n) is 3.11. The molecule has 26 heavy (non-hydrogen) atoms. The number of benzene rings is 1. The number of carbonyl (C=O) groups is 1. The number of aromatic hydroxyl groups is 1. The lowest BCUT2D eigenvalue weighted by Gasteiger charge is -2.08. The number of unbranched alkanes of at least 4 members (excludes halogenated alkanes) is 7. The highest BCUT2D eigenvalue weighted by Gasteiger charge is 2.14. The van der Waals surface area contributed by atoms with Crippen LogP contribution in [0.1, 0.15) is 87.1 Å². The number of phenols is 1. The summed E-state index contributed by atoms with van der Waals surface area (Å²) in [4.78, 5) is 11.2. The highest BCUT2D eigenvalue weighted by atomic mass is 16.4. The Labute approximate surface area is 157 Å². The van der Waals surface area contributed by atoms with Crippen LogP contribution >= 0.6 is 0 Å². The molecule has 0 fully saturated rings. The fraction of sp³-hybridized carbons (Fsp3) is 0.591. The first-order valence-electron chi connectivity index (χ1n) is 9.95. The molecule has 1 aromatic carbocycles. The standard InChI is InChI=1S/C22H34O4/c1-2-3-9-15-19(23)16-11-8-6-4-5-7-10-13-18-14-12-17-20(24)21(18)22(25)26/h9,12,14-15,17,19,23-24H,2-8,10-11,13,16H2,1H3,(H,25,26)/b15-9+. The van der Waals surface area contributed by atoms with Gasteiger partial charge in [-0.3, -0.25) is 0 Å². The van der Waals surface area contributed by atoms with Gasteiger partial charge in [-0.15, -0.1) is 0 Å². The number of allylic oxidation sites excluding steroid dienone is 1. The Kier molecular flexibility index (Phi) is 11.5. The molecule has 0 aliphatic carbocycles. The second kappa shape index (κ2) is 13.4. The second-order valence-electron chi connectivity index (χ2n) is 6.91. The van der Waals surface area contributed by atoms with E-state index in [2.05, 4.69) is 13.0 Å². The molecule has 0 aromatic heterocycles. The van der Waals surface area contributed by atoms with Gasteiger partial charge in [0.15, 0.2) is 0 Å². The Hall–Kier alpha value is -1.81. The molecule has 1 unspecified atom stereocenters. The maximum Gasteiger partial charge on any atom is 0.339 e. The van der Waals surface area contributed by atoms with Crippen LogP contribution in [0, 0.1) is 0 Å². The number of aryl methyl sites for hydroxylation is 1. The van der Waals surface area contributed by atoms with Crippen molar-refractivity contribution in [3.05, 3.63) is 41.5 Å². The average Bonchev–Trinajstić information content (AvgIpc) is 2.60. The van der Waals surface area contributed by atoms with Crippen molar-refractivity contribution in [3.63, 3.8) is 0 Å². The summed E-state index contributed by atoms with van der Waals surface area (Å²) in [5.74, 6) is -1.22. The minimum Gasteiger partial charge on any atom is -0.507 e. The Balaban J connectivity index is 2.08. The number of aliphatic hydroxyl groups is 1. The third-order valence-corrected chi connectivity index (χ3v) is 4.60. The molecule has 1 rings (SSSR count). The van der Waals surface area contributed by atoms with Crippen LogP contribution in [0.3, 0.4) is 0 Å². The molecule has 4 nitrogen and oxygen atoms in total. The van der Waals surface area contributed by atoms with Crippen LogP contribution in [0.2, 0.25) is 0 Å². The first kappa shape index (κ1) is 22.2. The molecule has 0 radical (unpaired) electrons. The fourth-order valence-corrected chi connectivity index (χ4v) is 3.11. The van der Waals surface area contributed by atoms with Crippen LogP contribution in [0.4, 0.5) is 0 Å². The Bertz CT molecular complexity index is 551. The van der Waals surface area contributed by atoms with E-state index in [4.69, 9.17) is 0 Å². The zero-order valence-corrected chi connectivity index (χ0v) is 16.0. The van der Waals surface area contributed by atoms with Crippen molar-refractivity contribution in [2.75, 3.05) is 0 Å². The van der Waals surface area contributed by atoms with E-state index in [-0.39, 0.29) is 17.4 Å². The predicted molar refractivity (Wildman–Crippen MR) is 106 cm³/mol. The van der Waals surface area contributed by atoms with Crippen molar-refractivity contribution in [3.8, 4) is 5.75 Å². The summed E-state index contributed by atoms with van der Waals surface area (Å²) in [5, 5.41) is 28.7. The quantitative estimate of drug-likeness (QED) is 0.303. The lowest BCUT2D eigenvalue weighted by atomic mass is 9.99. The number of aromatic carboxylic acids is 1. The summed E-state index contributed by atoms with van der Waals surface area (Å²) in [6, 6.07) is 4.90. The molecule has 0 saturated heterocycles. The van der Waals surface area contributed by atoms with Gasteiger partial charge < -0.3 is 15.3 Å². The summed E-state index contributed by atoms with van der Waals surface area (Å²) in [5.41, 5.74) is 0.752. The van der Waals surface area contributed by atoms with Crippen LogP contribution in [0.5, 0.6) is 5.75 Å². The molecule has 1 atom stereocenters. The van der Waals surface area contributed by atoms with Crippen molar-refractivity contribution in [1.29, 1.82) is 0 Å². The molecule has 0 spiro atoms. The molecule has 3 N–H and O–H groups in total. The maximum atomic E-state index is 11.2. The van der Waals surface area contributed by atoms with Crippen molar-refractivity contribution in [1.82, 2.24) is 0 Å². The number of hydrogen-bond acceptors (Lipinski definition) is 3. The Morgan fingerprint density at radius 1 is 1.08 bits per heavy atom. The maximum absolute atomic E-state index is 11.2. The average molecular weight is 363 g/mol. The van der Waals surface area contributed by atoms with Crippen molar-refractivity contribution >= 4 is 5.97 Å². The predicted octanol–water partition coefficient (Wildman–Crippen LogP) is 5.47. The van der Waals surface area contributed by atoms with Gasteiger partial charge in [0.25, 0.3) is 0 Å². The minimum atomic E-state index is -1.06. The van der Waals surface area contributed by atoms with Crippen molar-refractivity contribution < 1.29 is 20.1 Å². The molecule has 1 aromatic rings. The number of hydrogen-bond donors (Lipinski definition) is 3. The van der Waals surface area contributed by atoms with E-state index in [1.54, 1.807) is 12.1 Å². The number of aliphatic hydroxyl groups excluding tert-OH is 1. The van der Waals surface area contributed by atoms with Gasteiger partial charge in [-0.2, -0.15) is 0 Å². The highest BCUT2D eigenvalue weighted by Crippen LogP contribution is 2.23. The molecule has 0 saturated carbocycles. The highest BCUT2D eigenvalue weighted by molar-refractivity contribution is 5.92. The van der Waals surface area contributed by atoms with Gasteiger partial charge in [0.05, 0.1) is 6.10 Å². The summed E-state index contributed by atoms with van der Waals surface area (Å²) < 4.78 is 0. The van der Waals surface area contributed by atoms with E-state index >= 15 is 0 Å². The third kappa shape index (κ3) is 9.04. The monoisotopic (exact) mass is 362 g/mol. The summed E-state index contributed by atoms with van der Waals surface area (Å²) in [7, 11) is 0. The van der Waals surface area contributed by atoms with Gasteiger partial charge in [-0.25, -0.2) is 4.79 Å². The lowest BCUT2D eigenvalue weighted by Crippen LogP contribution is -2.03. The lowest BCUT2D eigenvalue weighted by molar-refractivity contribution is 0.0692. The van der Waals surface area contributed by atoms with Gasteiger partial charge in [-0.05, 0) is 37.3 Å². The molecule has 146 valence electrons. The van der Waals surface area contributed by atoms with E-state index in [1.807, 2.05) is 6.08 Å². The van der Waals surface area contributed by atoms with Crippen LogP contribution < -0.4 is 0 Å². The van der Waals surface area contributed by atoms with Gasteiger partial charge >= 0.3 is 5.97 Å². The van der Waals surface area contributed by atoms with Crippen molar-refractivity contribution in [2.45, 2.75) is 83.7 Å². The number of rotatable bonds is 14. The van der Waals surface area contributed by atoms with Crippen molar-refractivity contribution in [2.24, 2.45) is 0 Å². The van der Waals surface area contributed by atoms with Gasteiger partial charge in [-0.1, -0.05) is 76.2 Å². The summed E-state index contributed by atoms with van der Waals surface area (Å²) in [6.07, 6.45) is 15.1. The minimum absolute atomic E-state index is 0.0408. The van der Waals surface area contributed by atoms with E-state index in [0.717, 1.165) is 51.4 Å². The smallest absolute Gasteiger partial charge is 0.339 e. The zero-order chi connectivity index (χ0) is 19.2. The van der Waals surface area contributed by atoms with E-state index in [1.165, 1.54) is 18.9 Å². The first-order chi connectivity index (χ1) is 12.6. The van der Waals surface area contributed by atoms with E-state index < -0.39 is 5.97 Å². The molecule has 4 heteroatoms. The molecular formula is C22H34O4. The molecule has 0 bridgehead atoms. The topological polar surface area (TPSA) is 77.8 Å². The molecule has 0 heterocycles. The summed E-state index contributed by atoms with van der Waals surface area (Å²) >= 11 is 0. The zero-order valence-electron chi connectivity index (χ0n) is 16.0. The normalized spacial score (nSPS) is 12.5. The van der Waals surface area contributed by atoms with Crippen LogP contribution in [-0.2, 0) is 6.42 Å². The number of carboxylic acid groups (broad SMARTS) is 1. The van der Waals surface area contributed by atoms with Crippen LogP contribution in [0.15, 0.2) is 30.4 Å². The van der Waals surface area contributed by atoms with E-state index in [9.17, 15) is 20.1 Å². The third-order valence-electron chi connectivity index (χ3n) is 4.60. The Morgan fingerprint density at radius 2 is 1.73 bits per heavy atom. The largest absolute Gasteiger partial charge is 0.507 e. The Morgan fingerprint density at radius 3 is 2.38 bits per heavy atom.